The van der Waals surface area contributed by atoms with Gasteiger partial charge in [-0.2, -0.15) is 0 Å². The summed E-state index contributed by atoms with van der Waals surface area (Å²) >= 11 is 5.91. The Hall–Kier alpha value is -1.07. The van der Waals surface area contributed by atoms with Crippen molar-refractivity contribution >= 4 is 32.5 Å². The molecule has 3 rings (SSSR count). The molecule has 18 heavy (non-hydrogen) atoms. The van der Waals surface area contributed by atoms with E-state index >= 15 is 0 Å². The first-order valence-corrected chi connectivity index (χ1v) is 8.09. The molecule has 96 valence electrons. The van der Waals surface area contributed by atoms with E-state index in [1.54, 1.807) is 6.33 Å². The van der Waals surface area contributed by atoms with Gasteiger partial charge in [0.25, 0.3) is 0 Å². The molecule has 0 aliphatic heterocycles. The second kappa shape index (κ2) is 3.96. The standard InChI is InChI=1S/C12H13ClN2O2S/c1-18(16,17)10-5-9(6-10)15-7-14-11-4-8(13)2-3-12(11)15/h2-4,7,9-10H,5-6H2,1H3. The second-order valence-electron chi connectivity index (χ2n) is 4.86. The average molecular weight is 285 g/mol. The van der Waals surface area contributed by atoms with Crippen LogP contribution >= 0.6 is 11.6 Å². The lowest BCUT2D eigenvalue weighted by molar-refractivity contribution is 0.321. The fourth-order valence-electron chi connectivity index (χ4n) is 2.41. The lowest BCUT2D eigenvalue weighted by Gasteiger charge is -2.35. The number of imidazole rings is 1. The van der Waals surface area contributed by atoms with Crippen molar-refractivity contribution in [2.75, 3.05) is 6.26 Å². The van der Waals surface area contributed by atoms with E-state index in [2.05, 4.69) is 4.98 Å². The predicted octanol–water partition coefficient (Wildman–Crippen LogP) is 2.44. The zero-order valence-corrected chi connectivity index (χ0v) is 11.4. The van der Waals surface area contributed by atoms with Crippen molar-refractivity contribution in [3.8, 4) is 0 Å². The molecule has 0 N–H and O–H groups in total. The molecule has 1 aromatic heterocycles. The predicted molar refractivity (Wildman–Crippen MR) is 71.6 cm³/mol. The Bertz CT molecular complexity index is 702. The number of nitrogens with zero attached hydrogens (tertiary/aromatic N) is 2. The first-order chi connectivity index (χ1) is 8.45. The highest BCUT2D eigenvalue weighted by molar-refractivity contribution is 7.91. The van der Waals surface area contributed by atoms with Crippen LogP contribution in [0.4, 0.5) is 0 Å². The van der Waals surface area contributed by atoms with Gasteiger partial charge in [0.15, 0.2) is 0 Å². The van der Waals surface area contributed by atoms with Crippen LogP contribution in [0, 0.1) is 0 Å². The third-order valence-electron chi connectivity index (χ3n) is 3.61. The first-order valence-electron chi connectivity index (χ1n) is 5.76. The van der Waals surface area contributed by atoms with E-state index in [1.165, 1.54) is 6.26 Å². The number of fused-ring (bicyclic) bond motifs is 1. The van der Waals surface area contributed by atoms with Crippen molar-refractivity contribution in [2.45, 2.75) is 24.1 Å². The average Bonchev–Trinajstić information content (AvgIpc) is 2.56. The summed E-state index contributed by atoms with van der Waals surface area (Å²) < 4.78 is 24.8. The number of aromatic nitrogens is 2. The van der Waals surface area contributed by atoms with E-state index in [1.807, 2.05) is 22.8 Å². The van der Waals surface area contributed by atoms with Gasteiger partial charge in [0.2, 0.25) is 0 Å². The van der Waals surface area contributed by atoms with Crippen LogP contribution < -0.4 is 0 Å². The molecule has 1 aromatic carbocycles. The third kappa shape index (κ3) is 1.91. The molecule has 0 amide bonds. The summed E-state index contributed by atoms with van der Waals surface area (Å²) in [5.74, 6) is 0. The maximum absolute atomic E-state index is 11.4. The summed E-state index contributed by atoms with van der Waals surface area (Å²) in [6.45, 7) is 0. The zero-order chi connectivity index (χ0) is 12.9. The molecule has 1 aliphatic carbocycles. The van der Waals surface area contributed by atoms with Crippen LogP contribution in [-0.4, -0.2) is 29.5 Å². The molecule has 1 heterocycles. The SMILES string of the molecule is CS(=O)(=O)C1CC(n2cnc3cc(Cl)ccc32)C1. The smallest absolute Gasteiger partial charge is 0.150 e. The molecule has 0 atom stereocenters. The molecule has 0 bridgehead atoms. The van der Waals surface area contributed by atoms with Crippen molar-refractivity contribution in [1.29, 1.82) is 0 Å². The summed E-state index contributed by atoms with van der Waals surface area (Å²) in [6, 6.07) is 5.81. The molecule has 0 spiro atoms. The highest BCUT2D eigenvalue weighted by atomic mass is 35.5. The van der Waals surface area contributed by atoms with Gasteiger partial charge in [0.05, 0.1) is 22.6 Å². The quantitative estimate of drug-likeness (QED) is 0.851. The van der Waals surface area contributed by atoms with E-state index in [9.17, 15) is 8.42 Å². The Morgan fingerprint density at radius 2 is 2.11 bits per heavy atom. The Labute approximate surface area is 110 Å². The van der Waals surface area contributed by atoms with Gasteiger partial charge >= 0.3 is 0 Å². The van der Waals surface area contributed by atoms with Gasteiger partial charge in [-0.25, -0.2) is 13.4 Å². The van der Waals surface area contributed by atoms with Crippen LogP contribution in [0.25, 0.3) is 11.0 Å². The summed E-state index contributed by atoms with van der Waals surface area (Å²) in [7, 11) is -2.90. The summed E-state index contributed by atoms with van der Waals surface area (Å²) in [4.78, 5) is 4.30. The van der Waals surface area contributed by atoms with Crippen LogP contribution in [0.5, 0.6) is 0 Å². The minimum atomic E-state index is -2.90. The molecule has 1 fully saturated rings. The monoisotopic (exact) mass is 284 g/mol. The van der Waals surface area contributed by atoms with Crippen molar-refractivity contribution < 1.29 is 8.42 Å². The van der Waals surface area contributed by atoms with E-state index in [-0.39, 0.29) is 11.3 Å². The molecule has 0 unspecified atom stereocenters. The van der Waals surface area contributed by atoms with Crippen molar-refractivity contribution in [3.05, 3.63) is 29.5 Å². The number of rotatable bonds is 2. The van der Waals surface area contributed by atoms with E-state index in [0.29, 0.717) is 17.9 Å². The molecular formula is C12H13ClN2O2S. The van der Waals surface area contributed by atoms with Crippen LogP contribution in [0.2, 0.25) is 5.02 Å². The Morgan fingerprint density at radius 3 is 2.78 bits per heavy atom. The van der Waals surface area contributed by atoms with Gasteiger partial charge in [-0.15, -0.1) is 0 Å². The van der Waals surface area contributed by atoms with E-state index in [4.69, 9.17) is 11.6 Å². The van der Waals surface area contributed by atoms with Gasteiger partial charge < -0.3 is 4.57 Å². The summed E-state index contributed by atoms with van der Waals surface area (Å²) in [5.41, 5.74) is 1.86. The normalized spacial score (nSPS) is 24.1. The maximum atomic E-state index is 11.4. The molecule has 6 heteroatoms. The Kier molecular flexibility index (Phi) is 2.64. The number of halogens is 1. The Morgan fingerprint density at radius 1 is 1.39 bits per heavy atom. The number of sulfone groups is 1. The highest BCUT2D eigenvalue weighted by Gasteiger charge is 2.37. The van der Waals surface area contributed by atoms with Crippen LogP contribution in [0.15, 0.2) is 24.5 Å². The van der Waals surface area contributed by atoms with Crippen molar-refractivity contribution in [3.63, 3.8) is 0 Å². The molecule has 0 radical (unpaired) electrons. The van der Waals surface area contributed by atoms with E-state index < -0.39 is 9.84 Å². The molecule has 4 nitrogen and oxygen atoms in total. The van der Waals surface area contributed by atoms with Gasteiger partial charge in [0, 0.05) is 17.3 Å². The lowest BCUT2D eigenvalue weighted by Crippen LogP contribution is -2.36. The maximum Gasteiger partial charge on any atom is 0.150 e. The minimum absolute atomic E-state index is 0.202. The number of hydrogen-bond acceptors (Lipinski definition) is 3. The summed E-state index contributed by atoms with van der Waals surface area (Å²) in [5, 5.41) is 0.461. The van der Waals surface area contributed by atoms with Crippen molar-refractivity contribution in [1.82, 2.24) is 9.55 Å². The molecule has 1 saturated carbocycles. The molecule has 2 aromatic rings. The van der Waals surface area contributed by atoms with Gasteiger partial charge in [-0.3, -0.25) is 0 Å². The third-order valence-corrected chi connectivity index (χ3v) is 5.44. The Balaban J connectivity index is 1.89. The first kappa shape index (κ1) is 12.0. The van der Waals surface area contributed by atoms with Crippen molar-refractivity contribution in [2.24, 2.45) is 0 Å². The van der Waals surface area contributed by atoms with Crippen LogP contribution in [0.3, 0.4) is 0 Å². The molecular weight excluding hydrogens is 272 g/mol. The topological polar surface area (TPSA) is 52.0 Å². The zero-order valence-electron chi connectivity index (χ0n) is 9.88. The number of benzene rings is 1. The fraction of sp³-hybridized carbons (Fsp3) is 0.417. The van der Waals surface area contributed by atoms with E-state index in [0.717, 1.165) is 11.0 Å². The van der Waals surface area contributed by atoms with Gasteiger partial charge in [-0.1, -0.05) is 11.6 Å². The summed E-state index contributed by atoms with van der Waals surface area (Å²) in [6.07, 6.45) is 4.42. The minimum Gasteiger partial charge on any atom is -0.327 e. The van der Waals surface area contributed by atoms with Gasteiger partial charge in [0.1, 0.15) is 9.84 Å². The number of hydrogen-bond donors (Lipinski definition) is 0. The van der Waals surface area contributed by atoms with Crippen LogP contribution in [-0.2, 0) is 9.84 Å². The largest absolute Gasteiger partial charge is 0.327 e. The fourth-order valence-corrected chi connectivity index (χ4v) is 3.72. The van der Waals surface area contributed by atoms with Crippen LogP contribution in [0.1, 0.15) is 18.9 Å². The second-order valence-corrected chi connectivity index (χ2v) is 7.62. The lowest BCUT2D eigenvalue weighted by atomic mass is 9.92. The highest BCUT2D eigenvalue weighted by Crippen LogP contribution is 2.38. The van der Waals surface area contributed by atoms with Gasteiger partial charge in [-0.05, 0) is 31.0 Å². The molecule has 0 saturated heterocycles. The molecule has 1 aliphatic rings.